The number of aliphatic carboxylic acids is 1. The Morgan fingerprint density at radius 3 is 2.50 bits per heavy atom. The maximum absolute atomic E-state index is 11.3. The van der Waals surface area contributed by atoms with Gasteiger partial charge in [0.15, 0.2) is 0 Å². The first-order valence-corrected chi connectivity index (χ1v) is 6.47. The van der Waals surface area contributed by atoms with Crippen molar-refractivity contribution in [1.82, 2.24) is 4.90 Å². The van der Waals surface area contributed by atoms with Crippen molar-refractivity contribution >= 4 is 29.2 Å². The number of halogens is 2. The van der Waals surface area contributed by atoms with Crippen LogP contribution in [0.25, 0.3) is 0 Å². The van der Waals surface area contributed by atoms with Crippen LogP contribution in [0.3, 0.4) is 0 Å². The molecule has 1 rings (SSSR count). The Bertz CT molecular complexity index is 447. The molecule has 18 heavy (non-hydrogen) atoms. The third kappa shape index (κ3) is 3.37. The number of carboxylic acids is 1. The van der Waals surface area contributed by atoms with E-state index in [0.29, 0.717) is 23.1 Å². The molecule has 1 aromatic carbocycles. The minimum atomic E-state index is -0.944. The van der Waals surface area contributed by atoms with E-state index in [-0.39, 0.29) is 0 Å². The second-order valence-electron chi connectivity index (χ2n) is 4.61. The van der Waals surface area contributed by atoms with Crippen LogP contribution in [0.4, 0.5) is 0 Å². The summed E-state index contributed by atoms with van der Waals surface area (Å²) in [5, 5.41) is 10.4. The highest BCUT2D eigenvalue weighted by atomic mass is 35.5. The quantitative estimate of drug-likeness (QED) is 0.899. The molecule has 5 heteroatoms. The van der Waals surface area contributed by atoms with Crippen LogP contribution in [0.15, 0.2) is 18.2 Å². The summed E-state index contributed by atoms with van der Waals surface area (Å²) in [7, 11) is 0. The van der Waals surface area contributed by atoms with Gasteiger partial charge in [0, 0.05) is 16.6 Å². The van der Waals surface area contributed by atoms with Gasteiger partial charge in [-0.1, -0.05) is 30.1 Å². The molecule has 0 unspecified atom stereocenters. The Morgan fingerprint density at radius 2 is 2.00 bits per heavy atom. The van der Waals surface area contributed by atoms with E-state index in [2.05, 4.69) is 0 Å². The Hall–Kier alpha value is -0.770. The molecule has 0 amide bonds. The summed E-state index contributed by atoms with van der Waals surface area (Å²) in [5.74, 6) is -0.859. The van der Waals surface area contributed by atoms with Crippen LogP contribution < -0.4 is 0 Å². The monoisotopic (exact) mass is 289 g/mol. The predicted molar refractivity (Wildman–Crippen MR) is 74.3 cm³/mol. The molecule has 0 fully saturated rings. The van der Waals surface area contributed by atoms with Crippen molar-refractivity contribution in [3.63, 3.8) is 0 Å². The Morgan fingerprint density at radius 1 is 1.39 bits per heavy atom. The Labute approximate surface area is 117 Å². The highest BCUT2D eigenvalue weighted by Crippen LogP contribution is 2.25. The first-order valence-electron chi connectivity index (χ1n) is 5.71. The SMILES string of the molecule is CCN(Cc1cc(Cl)ccc1Cl)C(C)(C)C(=O)O. The summed E-state index contributed by atoms with van der Waals surface area (Å²) < 4.78 is 0. The average Bonchev–Trinajstić information content (AvgIpc) is 2.29. The molecule has 100 valence electrons. The second kappa shape index (κ2) is 5.91. The summed E-state index contributed by atoms with van der Waals surface area (Å²) in [4.78, 5) is 13.1. The molecule has 0 aromatic heterocycles. The molecule has 0 saturated heterocycles. The van der Waals surface area contributed by atoms with Gasteiger partial charge in [0.2, 0.25) is 0 Å². The van der Waals surface area contributed by atoms with Crippen LogP contribution in [0.5, 0.6) is 0 Å². The molecule has 0 aliphatic rings. The molecule has 0 saturated carbocycles. The van der Waals surface area contributed by atoms with E-state index < -0.39 is 11.5 Å². The maximum atomic E-state index is 11.3. The molecule has 0 atom stereocenters. The molecule has 0 aliphatic carbocycles. The lowest BCUT2D eigenvalue weighted by Crippen LogP contribution is -2.49. The van der Waals surface area contributed by atoms with Gasteiger partial charge in [0.1, 0.15) is 5.54 Å². The number of hydrogen-bond acceptors (Lipinski definition) is 2. The van der Waals surface area contributed by atoms with Crippen molar-refractivity contribution in [3.05, 3.63) is 33.8 Å². The summed E-state index contributed by atoms with van der Waals surface area (Å²) in [6, 6.07) is 5.21. The minimum Gasteiger partial charge on any atom is -0.480 e. The zero-order valence-corrected chi connectivity index (χ0v) is 12.2. The summed E-state index contributed by atoms with van der Waals surface area (Å²) in [6.07, 6.45) is 0. The molecule has 0 spiro atoms. The Balaban J connectivity index is 3.00. The fraction of sp³-hybridized carbons (Fsp3) is 0.462. The molecule has 0 bridgehead atoms. The predicted octanol–water partition coefficient (Wildman–Crippen LogP) is 3.68. The van der Waals surface area contributed by atoms with Crippen molar-refractivity contribution in [2.45, 2.75) is 32.9 Å². The van der Waals surface area contributed by atoms with Gasteiger partial charge in [0.05, 0.1) is 0 Å². The number of benzene rings is 1. The van der Waals surface area contributed by atoms with Crippen molar-refractivity contribution < 1.29 is 9.90 Å². The Kier molecular flexibility index (Phi) is 5.02. The maximum Gasteiger partial charge on any atom is 0.323 e. The number of likely N-dealkylation sites (N-methyl/N-ethyl adjacent to an activating group) is 1. The van der Waals surface area contributed by atoms with Crippen molar-refractivity contribution in [1.29, 1.82) is 0 Å². The van der Waals surface area contributed by atoms with Gasteiger partial charge >= 0.3 is 5.97 Å². The molecule has 1 N–H and O–H groups in total. The zero-order chi connectivity index (χ0) is 13.9. The first kappa shape index (κ1) is 15.3. The molecule has 0 aliphatic heterocycles. The topological polar surface area (TPSA) is 40.5 Å². The van der Waals surface area contributed by atoms with Gasteiger partial charge in [0.25, 0.3) is 0 Å². The van der Waals surface area contributed by atoms with Gasteiger partial charge in [-0.3, -0.25) is 9.69 Å². The van der Waals surface area contributed by atoms with E-state index in [9.17, 15) is 9.90 Å². The van der Waals surface area contributed by atoms with E-state index in [1.807, 2.05) is 11.8 Å². The average molecular weight is 290 g/mol. The van der Waals surface area contributed by atoms with E-state index in [1.54, 1.807) is 32.0 Å². The van der Waals surface area contributed by atoms with Crippen LogP contribution in [-0.4, -0.2) is 28.1 Å². The summed E-state index contributed by atoms with van der Waals surface area (Å²) in [6.45, 7) is 6.34. The van der Waals surface area contributed by atoms with Gasteiger partial charge in [-0.15, -0.1) is 0 Å². The lowest BCUT2D eigenvalue weighted by Gasteiger charge is -2.34. The third-order valence-electron chi connectivity index (χ3n) is 3.06. The third-order valence-corrected chi connectivity index (χ3v) is 3.67. The van der Waals surface area contributed by atoms with E-state index >= 15 is 0 Å². The van der Waals surface area contributed by atoms with Crippen LogP contribution >= 0.6 is 23.2 Å². The smallest absolute Gasteiger partial charge is 0.323 e. The second-order valence-corrected chi connectivity index (χ2v) is 5.46. The lowest BCUT2D eigenvalue weighted by molar-refractivity contribution is -0.149. The van der Waals surface area contributed by atoms with Gasteiger partial charge < -0.3 is 5.11 Å². The van der Waals surface area contributed by atoms with Crippen LogP contribution in [-0.2, 0) is 11.3 Å². The number of carbonyl (C=O) groups is 1. The molecule has 1 aromatic rings. The summed E-state index contributed by atoms with van der Waals surface area (Å²) in [5.41, 5.74) is -0.110. The van der Waals surface area contributed by atoms with Crippen LogP contribution in [0, 0.1) is 0 Å². The first-order chi connectivity index (χ1) is 8.28. The van der Waals surface area contributed by atoms with E-state index in [1.165, 1.54) is 0 Å². The van der Waals surface area contributed by atoms with Gasteiger partial charge in [-0.2, -0.15) is 0 Å². The van der Waals surface area contributed by atoms with Crippen molar-refractivity contribution in [2.75, 3.05) is 6.54 Å². The molecule has 0 heterocycles. The number of carboxylic acid groups (broad SMARTS) is 1. The van der Waals surface area contributed by atoms with Crippen molar-refractivity contribution in [3.8, 4) is 0 Å². The molecular weight excluding hydrogens is 273 g/mol. The normalized spacial score (nSPS) is 11.9. The van der Waals surface area contributed by atoms with Crippen LogP contribution in [0.1, 0.15) is 26.3 Å². The molecular formula is C13H17Cl2NO2. The number of rotatable bonds is 5. The summed E-state index contributed by atoms with van der Waals surface area (Å²) >= 11 is 12.0. The van der Waals surface area contributed by atoms with Gasteiger partial charge in [-0.05, 0) is 44.2 Å². The molecule has 0 radical (unpaired) electrons. The van der Waals surface area contributed by atoms with Crippen LogP contribution in [0.2, 0.25) is 10.0 Å². The fourth-order valence-electron chi connectivity index (χ4n) is 1.71. The zero-order valence-electron chi connectivity index (χ0n) is 10.7. The van der Waals surface area contributed by atoms with Crippen molar-refractivity contribution in [2.24, 2.45) is 0 Å². The largest absolute Gasteiger partial charge is 0.480 e. The minimum absolute atomic E-state index is 0.454. The van der Waals surface area contributed by atoms with E-state index in [0.717, 1.165) is 5.56 Å². The highest BCUT2D eigenvalue weighted by molar-refractivity contribution is 6.33. The number of nitrogens with zero attached hydrogens (tertiary/aromatic N) is 1. The standard InChI is InChI=1S/C13H17Cl2NO2/c1-4-16(13(2,3)12(17)18)8-9-7-10(14)5-6-11(9)15/h5-7H,4,8H2,1-3H3,(H,17,18). The van der Waals surface area contributed by atoms with E-state index in [4.69, 9.17) is 23.2 Å². The van der Waals surface area contributed by atoms with Gasteiger partial charge in [-0.25, -0.2) is 0 Å². The number of hydrogen-bond donors (Lipinski definition) is 1. The molecule has 3 nitrogen and oxygen atoms in total. The highest BCUT2D eigenvalue weighted by Gasteiger charge is 2.33. The fourth-order valence-corrected chi connectivity index (χ4v) is 2.08. The lowest BCUT2D eigenvalue weighted by atomic mass is 10.0.